The Kier molecular flexibility index (Phi) is 2.89. The van der Waals surface area contributed by atoms with E-state index in [9.17, 15) is 4.79 Å². The van der Waals surface area contributed by atoms with Crippen molar-refractivity contribution in [2.24, 2.45) is 17.8 Å². The predicted octanol–water partition coefficient (Wildman–Crippen LogP) is 1.63. The minimum atomic E-state index is 0.134. The van der Waals surface area contributed by atoms with Gasteiger partial charge in [0, 0.05) is 12.6 Å². The Hall–Kier alpha value is -0.570. The Morgan fingerprint density at radius 3 is 2.82 bits per heavy atom. The molecular formula is C14H24N2O. The van der Waals surface area contributed by atoms with Crippen LogP contribution in [0.15, 0.2) is 0 Å². The van der Waals surface area contributed by atoms with Gasteiger partial charge in [0.25, 0.3) is 0 Å². The van der Waals surface area contributed by atoms with Crippen LogP contribution in [0.25, 0.3) is 0 Å². The second-order valence-corrected chi connectivity index (χ2v) is 6.42. The van der Waals surface area contributed by atoms with Gasteiger partial charge in [-0.2, -0.15) is 0 Å². The highest BCUT2D eigenvalue weighted by Crippen LogP contribution is 2.39. The van der Waals surface area contributed by atoms with E-state index < -0.39 is 0 Å². The fourth-order valence-corrected chi connectivity index (χ4v) is 4.24. The molecule has 1 aliphatic carbocycles. The van der Waals surface area contributed by atoms with E-state index in [-0.39, 0.29) is 6.04 Å². The Bertz CT molecular complexity index is 317. The summed E-state index contributed by atoms with van der Waals surface area (Å²) >= 11 is 0. The van der Waals surface area contributed by atoms with Crippen LogP contribution in [-0.4, -0.2) is 36.0 Å². The number of carbonyl (C=O) groups excluding carboxylic acids is 1. The zero-order valence-corrected chi connectivity index (χ0v) is 11.0. The molecule has 0 aromatic rings. The van der Waals surface area contributed by atoms with Gasteiger partial charge >= 0.3 is 0 Å². The quantitative estimate of drug-likeness (QED) is 0.750. The number of nitrogens with zero attached hydrogens (tertiary/aromatic N) is 1. The van der Waals surface area contributed by atoms with Crippen molar-refractivity contribution >= 4 is 5.91 Å². The number of nitrogens with one attached hydrogen (secondary N) is 1. The van der Waals surface area contributed by atoms with Crippen LogP contribution in [0.2, 0.25) is 0 Å². The third-order valence-corrected chi connectivity index (χ3v) is 5.08. The lowest BCUT2D eigenvalue weighted by Gasteiger charge is -2.27. The van der Waals surface area contributed by atoms with Crippen molar-refractivity contribution in [3.63, 3.8) is 0 Å². The second kappa shape index (κ2) is 4.27. The molecule has 3 rings (SSSR count). The van der Waals surface area contributed by atoms with Crippen LogP contribution in [0, 0.1) is 17.8 Å². The van der Waals surface area contributed by atoms with Crippen molar-refractivity contribution in [3.8, 4) is 0 Å². The van der Waals surface area contributed by atoms with Crippen molar-refractivity contribution in [3.05, 3.63) is 0 Å². The van der Waals surface area contributed by atoms with Gasteiger partial charge in [-0.1, -0.05) is 13.3 Å². The summed E-state index contributed by atoms with van der Waals surface area (Å²) in [6, 6.07) is 0.579. The van der Waals surface area contributed by atoms with E-state index in [1.165, 1.54) is 25.7 Å². The van der Waals surface area contributed by atoms with Gasteiger partial charge in [-0.15, -0.1) is 0 Å². The van der Waals surface area contributed by atoms with Gasteiger partial charge in [-0.25, -0.2) is 0 Å². The molecule has 2 aliphatic heterocycles. The van der Waals surface area contributed by atoms with E-state index >= 15 is 0 Å². The van der Waals surface area contributed by atoms with Crippen LogP contribution >= 0.6 is 0 Å². The SMILES string of the molecule is CC1CC(C)N(C(=O)C2NCC3CCCC32)C1. The lowest BCUT2D eigenvalue weighted by atomic mass is 9.93. The van der Waals surface area contributed by atoms with Crippen LogP contribution in [-0.2, 0) is 4.79 Å². The molecule has 3 nitrogen and oxygen atoms in total. The minimum absolute atomic E-state index is 0.134. The lowest BCUT2D eigenvalue weighted by molar-refractivity contribution is -0.134. The van der Waals surface area contributed by atoms with Crippen LogP contribution in [0.5, 0.6) is 0 Å². The molecule has 3 fully saturated rings. The monoisotopic (exact) mass is 236 g/mol. The zero-order valence-electron chi connectivity index (χ0n) is 11.0. The molecule has 0 aromatic heterocycles. The molecule has 1 N–H and O–H groups in total. The maximum absolute atomic E-state index is 12.6. The predicted molar refractivity (Wildman–Crippen MR) is 67.6 cm³/mol. The molecule has 5 atom stereocenters. The first-order valence-electron chi connectivity index (χ1n) is 7.20. The fourth-order valence-electron chi connectivity index (χ4n) is 4.24. The number of hydrogen-bond acceptors (Lipinski definition) is 2. The lowest BCUT2D eigenvalue weighted by Crippen LogP contribution is -2.47. The molecule has 5 unspecified atom stereocenters. The molecule has 3 aliphatic rings. The maximum Gasteiger partial charge on any atom is 0.240 e. The zero-order chi connectivity index (χ0) is 12.0. The highest BCUT2D eigenvalue weighted by Gasteiger charge is 2.45. The largest absolute Gasteiger partial charge is 0.338 e. The third kappa shape index (κ3) is 1.88. The molecule has 0 bridgehead atoms. The van der Waals surface area contributed by atoms with Gasteiger partial charge in [-0.05, 0) is 50.5 Å². The van der Waals surface area contributed by atoms with E-state index in [1.807, 2.05) is 0 Å². The Labute approximate surface area is 104 Å². The van der Waals surface area contributed by atoms with E-state index in [1.54, 1.807) is 0 Å². The van der Waals surface area contributed by atoms with E-state index in [0.717, 1.165) is 19.0 Å². The highest BCUT2D eigenvalue weighted by atomic mass is 16.2. The van der Waals surface area contributed by atoms with Crippen LogP contribution < -0.4 is 5.32 Å². The third-order valence-electron chi connectivity index (χ3n) is 5.08. The number of hydrogen-bond donors (Lipinski definition) is 1. The fraction of sp³-hybridized carbons (Fsp3) is 0.929. The van der Waals surface area contributed by atoms with Crippen molar-refractivity contribution in [2.45, 2.75) is 51.6 Å². The first-order chi connectivity index (χ1) is 8.16. The van der Waals surface area contributed by atoms with E-state index in [0.29, 0.717) is 23.8 Å². The number of rotatable bonds is 1. The van der Waals surface area contributed by atoms with Crippen LogP contribution in [0.3, 0.4) is 0 Å². The van der Waals surface area contributed by atoms with Gasteiger partial charge in [0.1, 0.15) is 0 Å². The molecule has 2 heterocycles. The average Bonchev–Trinajstić information content (AvgIpc) is 2.91. The van der Waals surface area contributed by atoms with Gasteiger partial charge in [0.15, 0.2) is 0 Å². The molecule has 1 saturated carbocycles. The van der Waals surface area contributed by atoms with E-state index in [4.69, 9.17) is 0 Å². The minimum Gasteiger partial charge on any atom is -0.338 e. The van der Waals surface area contributed by atoms with Gasteiger partial charge in [-0.3, -0.25) is 4.79 Å². The number of amides is 1. The molecule has 2 saturated heterocycles. The summed E-state index contributed by atoms with van der Waals surface area (Å²) in [6.45, 7) is 6.49. The molecule has 17 heavy (non-hydrogen) atoms. The summed E-state index contributed by atoms with van der Waals surface area (Å²) in [7, 11) is 0. The number of carbonyl (C=O) groups is 1. The second-order valence-electron chi connectivity index (χ2n) is 6.42. The van der Waals surface area contributed by atoms with Crippen molar-refractivity contribution in [2.75, 3.05) is 13.1 Å². The molecule has 0 aromatic carbocycles. The first kappa shape index (κ1) is 11.5. The summed E-state index contributed by atoms with van der Waals surface area (Å²) < 4.78 is 0. The Morgan fingerprint density at radius 1 is 1.29 bits per heavy atom. The number of likely N-dealkylation sites (tertiary alicyclic amines) is 1. The normalized spacial score (nSPS) is 45.3. The average molecular weight is 236 g/mol. The topological polar surface area (TPSA) is 32.3 Å². The van der Waals surface area contributed by atoms with Gasteiger partial charge in [0.05, 0.1) is 6.04 Å². The summed E-state index contributed by atoms with van der Waals surface area (Å²) in [5.74, 6) is 2.47. The molecule has 3 heteroatoms. The van der Waals surface area contributed by atoms with Crippen LogP contribution in [0.4, 0.5) is 0 Å². The first-order valence-corrected chi connectivity index (χ1v) is 7.20. The standard InChI is InChI=1S/C14H24N2O/c1-9-6-10(2)16(8-9)14(17)13-12-5-3-4-11(12)7-15-13/h9-13,15H,3-8H2,1-2H3. The van der Waals surface area contributed by atoms with Crippen LogP contribution in [0.1, 0.15) is 39.5 Å². The molecule has 1 amide bonds. The van der Waals surface area contributed by atoms with Gasteiger partial charge in [0.2, 0.25) is 5.91 Å². The maximum atomic E-state index is 12.6. The molecular weight excluding hydrogens is 212 g/mol. The van der Waals surface area contributed by atoms with Crippen molar-refractivity contribution in [1.82, 2.24) is 10.2 Å². The Morgan fingerprint density at radius 2 is 2.12 bits per heavy atom. The summed E-state index contributed by atoms with van der Waals surface area (Å²) in [6.07, 6.45) is 5.08. The highest BCUT2D eigenvalue weighted by molar-refractivity contribution is 5.83. The van der Waals surface area contributed by atoms with Gasteiger partial charge < -0.3 is 10.2 Å². The smallest absolute Gasteiger partial charge is 0.240 e. The molecule has 96 valence electrons. The summed E-state index contributed by atoms with van der Waals surface area (Å²) in [5, 5.41) is 3.48. The Balaban J connectivity index is 1.70. The summed E-state index contributed by atoms with van der Waals surface area (Å²) in [5.41, 5.74) is 0. The van der Waals surface area contributed by atoms with E-state index in [2.05, 4.69) is 24.1 Å². The number of fused-ring (bicyclic) bond motifs is 1. The molecule has 0 spiro atoms. The molecule has 0 radical (unpaired) electrons. The van der Waals surface area contributed by atoms with Crippen molar-refractivity contribution < 1.29 is 4.79 Å². The summed E-state index contributed by atoms with van der Waals surface area (Å²) in [4.78, 5) is 14.7. The van der Waals surface area contributed by atoms with Crippen molar-refractivity contribution in [1.29, 1.82) is 0 Å².